The van der Waals surface area contributed by atoms with Crippen molar-refractivity contribution in [1.29, 1.82) is 0 Å². The number of hydrogen-bond acceptors (Lipinski definition) is 2. The molecule has 1 heterocycles. The van der Waals surface area contributed by atoms with Gasteiger partial charge in [0, 0.05) is 16.6 Å². The van der Waals surface area contributed by atoms with Gasteiger partial charge in [-0.05, 0) is 25.6 Å². The van der Waals surface area contributed by atoms with E-state index in [4.69, 9.17) is 0 Å². The zero-order chi connectivity index (χ0) is 10.8. The molecule has 1 unspecified atom stereocenters. The molecule has 0 amide bonds. The van der Waals surface area contributed by atoms with Crippen molar-refractivity contribution in [3.63, 3.8) is 0 Å². The van der Waals surface area contributed by atoms with Crippen molar-refractivity contribution in [3.8, 4) is 0 Å². The number of aliphatic hydroxyl groups excluding tert-OH is 1. The lowest BCUT2D eigenvalue weighted by Gasteiger charge is -2.13. The molecule has 3 N–H and O–H groups in total. The molecular formula is C12H16N2O. The van der Waals surface area contributed by atoms with Gasteiger partial charge in [-0.2, -0.15) is 0 Å². The van der Waals surface area contributed by atoms with Crippen LogP contribution in [0, 0.1) is 6.92 Å². The highest BCUT2D eigenvalue weighted by Crippen LogP contribution is 2.27. The first-order valence-corrected chi connectivity index (χ1v) is 5.13. The van der Waals surface area contributed by atoms with E-state index in [0.29, 0.717) is 0 Å². The van der Waals surface area contributed by atoms with Crippen LogP contribution in [0.4, 0.5) is 0 Å². The third-order valence-electron chi connectivity index (χ3n) is 2.82. The van der Waals surface area contributed by atoms with Crippen LogP contribution < -0.4 is 5.32 Å². The zero-order valence-electron chi connectivity index (χ0n) is 9.04. The number of hydrogen-bond donors (Lipinski definition) is 3. The van der Waals surface area contributed by atoms with E-state index in [0.717, 1.165) is 16.8 Å². The van der Waals surface area contributed by atoms with E-state index in [1.165, 1.54) is 5.39 Å². The van der Waals surface area contributed by atoms with Crippen LogP contribution in [0.5, 0.6) is 0 Å². The Morgan fingerprint density at radius 3 is 2.80 bits per heavy atom. The number of rotatable bonds is 3. The molecule has 3 heteroatoms. The highest BCUT2D eigenvalue weighted by Gasteiger charge is 2.15. The van der Waals surface area contributed by atoms with Gasteiger partial charge in [0.05, 0.1) is 12.6 Å². The van der Waals surface area contributed by atoms with Gasteiger partial charge in [0.25, 0.3) is 0 Å². The molecule has 15 heavy (non-hydrogen) atoms. The summed E-state index contributed by atoms with van der Waals surface area (Å²) in [6, 6.07) is 8.16. The van der Waals surface area contributed by atoms with Gasteiger partial charge in [-0.25, -0.2) is 0 Å². The second-order valence-electron chi connectivity index (χ2n) is 3.73. The third kappa shape index (κ3) is 1.64. The predicted molar refractivity (Wildman–Crippen MR) is 61.9 cm³/mol. The second-order valence-corrected chi connectivity index (χ2v) is 3.73. The van der Waals surface area contributed by atoms with Crippen LogP contribution in [0.25, 0.3) is 10.9 Å². The lowest BCUT2D eigenvalue weighted by molar-refractivity contribution is 0.251. The molecule has 1 aromatic heterocycles. The summed E-state index contributed by atoms with van der Waals surface area (Å²) in [6.45, 7) is 2.15. The molecule has 2 rings (SSSR count). The molecule has 0 bridgehead atoms. The molecule has 0 fully saturated rings. The number of para-hydroxylation sites is 1. The Labute approximate surface area is 89.1 Å². The Bertz CT molecular complexity index is 458. The molecule has 3 nitrogen and oxygen atoms in total. The fourth-order valence-electron chi connectivity index (χ4n) is 2.07. The summed E-state index contributed by atoms with van der Waals surface area (Å²) in [5.74, 6) is 0. The number of aromatic nitrogens is 1. The van der Waals surface area contributed by atoms with Crippen molar-refractivity contribution in [2.75, 3.05) is 13.7 Å². The summed E-state index contributed by atoms with van der Waals surface area (Å²) in [4.78, 5) is 3.33. The summed E-state index contributed by atoms with van der Waals surface area (Å²) in [6.07, 6.45) is 0. The lowest BCUT2D eigenvalue weighted by atomic mass is 10.0. The number of benzene rings is 1. The molecule has 0 aliphatic carbocycles. The summed E-state index contributed by atoms with van der Waals surface area (Å²) in [5, 5.41) is 13.6. The van der Waals surface area contributed by atoms with Gasteiger partial charge in [0.1, 0.15) is 0 Å². The highest BCUT2D eigenvalue weighted by molar-refractivity contribution is 5.85. The number of aryl methyl sites for hydroxylation is 1. The summed E-state index contributed by atoms with van der Waals surface area (Å²) >= 11 is 0. The van der Waals surface area contributed by atoms with E-state index in [2.05, 4.69) is 22.4 Å². The first-order chi connectivity index (χ1) is 7.27. The van der Waals surface area contributed by atoms with Crippen LogP contribution in [0.1, 0.15) is 17.3 Å². The van der Waals surface area contributed by atoms with Gasteiger partial charge in [-0.3, -0.25) is 0 Å². The fraction of sp³-hybridized carbons (Fsp3) is 0.333. The predicted octanol–water partition coefficient (Wildman–Crippen LogP) is 1.73. The molecule has 1 atom stereocenters. The van der Waals surface area contributed by atoms with Crippen molar-refractivity contribution < 1.29 is 5.11 Å². The smallest absolute Gasteiger partial charge is 0.0627 e. The topological polar surface area (TPSA) is 48.0 Å². The summed E-state index contributed by atoms with van der Waals surface area (Å²) in [7, 11) is 1.86. The number of aliphatic hydroxyl groups is 1. The summed E-state index contributed by atoms with van der Waals surface area (Å²) < 4.78 is 0. The maximum Gasteiger partial charge on any atom is 0.0627 e. The fourth-order valence-corrected chi connectivity index (χ4v) is 2.07. The quantitative estimate of drug-likeness (QED) is 0.713. The van der Waals surface area contributed by atoms with E-state index in [1.54, 1.807) is 0 Å². The minimum atomic E-state index is 0.00106. The third-order valence-corrected chi connectivity index (χ3v) is 2.82. The van der Waals surface area contributed by atoms with Crippen LogP contribution in [-0.2, 0) is 0 Å². The van der Waals surface area contributed by atoms with Crippen molar-refractivity contribution in [1.82, 2.24) is 10.3 Å². The molecule has 0 saturated carbocycles. The zero-order valence-corrected chi connectivity index (χ0v) is 9.04. The van der Waals surface area contributed by atoms with Gasteiger partial charge < -0.3 is 15.4 Å². The number of likely N-dealkylation sites (N-methyl/N-ethyl adjacent to an activating group) is 1. The van der Waals surface area contributed by atoms with Crippen LogP contribution in [0.3, 0.4) is 0 Å². The summed E-state index contributed by atoms with van der Waals surface area (Å²) in [5.41, 5.74) is 3.40. The Kier molecular flexibility index (Phi) is 2.75. The molecule has 80 valence electrons. The standard InChI is InChI=1S/C12H16N2O/c1-8-12(11(7-15)13-2)9-5-3-4-6-10(9)14-8/h3-6,11,13-15H,7H2,1-2H3. The number of nitrogens with one attached hydrogen (secondary N) is 2. The van der Waals surface area contributed by atoms with E-state index >= 15 is 0 Å². The molecule has 0 aliphatic heterocycles. The number of fused-ring (bicyclic) bond motifs is 1. The van der Waals surface area contributed by atoms with Crippen molar-refractivity contribution in [2.45, 2.75) is 13.0 Å². The maximum absolute atomic E-state index is 9.31. The van der Waals surface area contributed by atoms with Crippen molar-refractivity contribution >= 4 is 10.9 Å². The van der Waals surface area contributed by atoms with Crippen molar-refractivity contribution in [3.05, 3.63) is 35.5 Å². The van der Waals surface area contributed by atoms with Crippen LogP contribution in [0.2, 0.25) is 0 Å². The number of aromatic amines is 1. The Balaban J connectivity index is 2.62. The van der Waals surface area contributed by atoms with Crippen molar-refractivity contribution in [2.24, 2.45) is 0 Å². The van der Waals surface area contributed by atoms with Gasteiger partial charge in [-0.1, -0.05) is 18.2 Å². The van der Waals surface area contributed by atoms with E-state index < -0.39 is 0 Å². The van der Waals surface area contributed by atoms with Crippen LogP contribution >= 0.6 is 0 Å². The molecule has 0 aliphatic rings. The average Bonchev–Trinajstić information content (AvgIpc) is 2.58. The first-order valence-electron chi connectivity index (χ1n) is 5.13. The molecule has 1 aromatic carbocycles. The molecule has 0 radical (unpaired) electrons. The molecular weight excluding hydrogens is 188 g/mol. The monoisotopic (exact) mass is 204 g/mol. The van der Waals surface area contributed by atoms with Crippen LogP contribution in [-0.4, -0.2) is 23.7 Å². The van der Waals surface area contributed by atoms with Gasteiger partial charge in [-0.15, -0.1) is 0 Å². The van der Waals surface area contributed by atoms with E-state index in [1.807, 2.05) is 26.1 Å². The first kappa shape index (κ1) is 10.2. The second kappa shape index (κ2) is 4.04. The van der Waals surface area contributed by atoms with E-state index in [9.17, 15) is 5.11 Å². The Hall–Kier alpha value is -1.32. The van der Waals surface area contributed by atoms with Crippen LogP contribution in [0.15, 0.2) is 24.3 Å². The number of H-pyrrole nitrogens is 1. The highest BCUT2D eigenvalue weighted by atomic mass is 16.3. The lowest BCUT2D eigenvalue weighted by Crippen LogP contribution is -2.20. The normalized spacial score (nSPS) is 13.3. The Morgan fingerprint density at radius 2 is 2.13 bits per heavy atom. The molecule has 0 saturated heterocycles. The Morgan fingerprint density at radius 1 is 1.40 bits per heavy atom. The van der Waals surface area contributed by atoms with Gasteiger partial charge in [0.15, 0.2) is 0 Å². The van der Waals surface area contributed by atoms with Gasteiger partial charge >= 0.3 is 0 Å². The SMILES string of the molecule is CNC(CO)c1c(C)[nH]c2ccccc12. The van der Waals surface area contributed by atoms with E-state index in [-0.39, 0.29) is 12.6 Å². The minimum Gasteiger partial charge on any atom is -0.394 e. The molecule has 2 aromatic rings. The van der Waals surface area contributed by atoms with Gasteiger partial charge in [0.2, 0.25) is 0 Å². The average molecular weight is 204 g/mol. The largest absolute Gasteiger partial charge is 0.394 e. The molecule has 0 spiro atoms. The minimum absolute atomic E-state index is 0.00106. The maximum atomic E-state index is 9.31.